The van der Waals surface area contributed by atoms with E-state index in [1.165, 1.54) is 10.8 Å². The van der Waals surface area contributed by atoms with Crippen molar-refractivity contribution in [2.75, 3.05) is 0 Å². The molecule has 0 bridgehead atoms. The molecular weight excluding hydrogens is 434 g/mol. The van der Waals surface area contributed by atoms with Crippen molar-refractivity contribution in [1.29, 1.82) is 0 Å². The highest BCUT2D eigenvalue weighted by Gasteiger charge is 2.15. The minimum Gasteiger partial charge on any atom is -0.294 e. The third-order valence-corrected chi connectivity index (χ3v) is 6.04. The maximum Gasteiger partial charge on any atom is 0.137 e. The van der Waals surface area contributed by atoms with E-state index in [0.717, 1.165) is 43.4 Å². The van der Waals surface area contributed by atoms with E-state index in [1.807, 2.05) is 36.7 Å². The molecule has 0 atom stereocenters. The summed E-state index contributed by atoms with van der Waals surface area (Å²) in [4.78, 5) is 9.25. The van der Waals surface area contributed by atoms with E-state index in [-0.39, 0.29) is 0 Å². The Kier molecular flexibility index (Phi) is 3.93. The van der Waals surface area contributed by atoms with Gasteiger partial charge >= 0.3 is 0 Å². The molecule has 0 spiro atoms. The quantitative estimate of drug-likeness (QED) is 0.280. The normalized spacial score (nSPS) is 11.5. The number of aromatic nitrogens is 3. The summed E-state index contributed by atoms with van der Waals surface area (Å²) < 4.78 is 3.29. The second-order valence-electron chi connectivity index (χ2n) is 7.30. The fourth-order valence-corrected chi connectivity index (χ4v) is 4.59. The van der Waals surface area contributed by atoms with Gasteiger partial charge in [-0.2, -0.15) is 0 Å². The van der Waals surface area contributed by atoms with Gasteiger partial charge in [-0.3, -0.25) is 9.55 Å². The van der Waals surface area contributed by atoms with Crippen molar-refractivity contribution in [3.05, 3.63) is 102 Å². The molecule has 6 aromatic rings. The lowest BCUT2D eigenvalue weighted by Crippen LogP contribution is -1.96. The van der Waals surface area contributed by atoms with E-state index in [4.69, 9.17) is 0 Å². The van der Waals surface area contributed by atoms with Gasteiger partial charge in [-0.15, -0.1) is 0 Å². The van der Waals surface area contributed by atoms with Gasteiger partial charge in [0, 0.05) is 38.6 Å². The van der Waals surface area contributed by atoms with E-state index >= 15 is 0 Å². The van der Waals surface area contributed by atoms with Gasteiger partial charge in [0.1, 0.15) is 5.82 Å². The van der Waals surface area contributed by atoms with Crippen LogP contribution >= 0.6 is 15.9 Å². The van der Waals surface area contributed by atoms with Crippen LogP contribution in [0.1, 0.15) is 0 Å². The maximum atomic E-state index is 4.64. The molecule has 30 heavy (non-hydrogen) atoms. The van der Waals surface area contributed by atoms with Crippen molar-refractivity contribution in [3.63, 3.8) is 0 Å². The monoisotopic (exact) mass is 449 g/mol. The number of halogens is 1. The summed E-state index contributed by atoms with van der Waals surface area (Å²) in [5.74, 6) is 0.916. The van der Waals surface area contributed by atoms with Gasteiger partial charge in [0.25, 0.3) is 0 Å². The van der Waals surface area contributed by atoms with Crippen molar-refractivity contribution in [2.24, 2.45) is 0 Å². The van der Waals surface area contributed by atoms with Crippen molar-refractivity contribution >= 4 is 48.6 Å². The predicted octanol–water partition coefficient (Wildman–Crippen LogP) is 7.16. The van der Waals surface area contributed by atoms with Crippen LogP contribution in [0.25, 0.3) is 49.7 Å². The number of rotatable bonds is 2. The van der Waals surface area contributed by atoms with Crippen LogP contribution in [0, 0.1) is 0 Å². The van der Waals surface area contributed by atoms with E-state index in [2.05, 4.69) is 91.1 Å². The van der Waals surface area contributed by atoms with Crippen LogP contribution in [0.5, 0.6) is 0 Å². The average molecular weight is 450 g/mol. The molecule has 0 unspecified atom stereocenters. The van der Waals surface area contributed by atoms with Gasteiger partial charge < -0.3 is 0 Å². The number of pyridine rings is 2. The molecule has 0 saturated carbocycles. The first-order chi connectivity index (χ1) is 14.8. The molecule has 3 nitrogen and oxygen atoms in total. The Labute approximate surface area is 181 Å². The van der Waals surface area contributed by atoms with E-state index in [1.54, 1.807) is 0 Å². The Hall–Kier alpha value is -3.50. The summed E-state index contributed by atoms with van der Waals surface area (Å²) in [6.07, 6.45) is 3.69. The summed E-state index contributed by atoms with van der Waals surface area (Å²) in [6, 6.07) is 29.5. The molecule has 0 N–H and O–H groups in total. The Morgan fingerprint density at radius 1 is 0.667 bits per heavy atom. The number of benzene rings is 3. The lowest BCUT2D eigenvalue weighted by molar-refractivity contribution is 1.08. The molecule has 6 rings (SSSR count). The highest BCUT2D eigenvalue weighted by molar-refractivity contribution is 9.10. The second-order valence-corrected chi connectivity index (χ2v) is 8.21. The first-order valence-electron chi connectivity index (χ1n) is 9.79. The minimum absolute atomic E-state index is 0.916. The summed E-state index contributed by atoms with van der Waals surface area (Å²) in [5, 5.41) is 3.54. The van der Waals surface area contributed by atoms with Gasteiger partial charge in [0.15, 0.2) is 0 Å². The second kappa shape index (κ2) is 6.78. The fourth-order valence-electron chi connectivity index (χ4n) is 4.23. The zero-order valence-corrected chi connectivity index (χ0v) is 17.5. The van der Waals surface area contributed by atoms with Crippen molar-refractivity contribution in [2.45, 2.75) is 0 Å². The summed E-state index contributed by atoms with van der Waals surface area (Å²) in [7, 11) is 0. The fraction of sp³-hybridized carbons (Fsp3) is 0. The third kappa shape index (κ3) is 2.65. The number of hydrogen-bond acceptors (Lipinski definition) is 2. The predicted molar refractivity (Wildman–Crippen MR) is 127 cm³/mol. The molecule has 0 aliphatic heterocycles. The van der Waals surface area contributed by atoms with Gasteiger partial charge in [-0.25, -0.2) is 4.98 Å². The summed E-state index contributed by atoms with van der Waals surface area (Å²) in [5.41, 5.74) is 5.60. The van der Waals surface area contributed by atoms with Crippen LogP contribution in [-0.2, 0) is 0 Å². The van der Waals surface area contributed by atoms with E-state index in [9.17, 15) is 0 Å². The van der Waals surface area contributed by atoms with Crippen molar-refractivity contribution in [3.8, 4) is 16.9 Å². The Balaban J connectivity index is 1.69. The number of nitrogens with zero attached hydrogens (tertiary/aromatic N) is 3. The van der Waals surface area contributed by atoms with Gasteiger partial charge in [-0.1, -0.05) is 52.3 Å². The molecule has 0 aliphatic carbocycles. The van der Waals surface area contributed by atoms with Gasteiger partial charge in [0.2, 0.25) is 0 Å². The van der Waals surface area contributed by atoms with Crippen molar-refractivity contribution < 1.29 is 0 Å². The van der Waals surface area contributed by atoms with Crippen LogP contribution in [0.2, 0.25) is 0 Å². The Bertz CT molecular complexity index is 1550. The van der Waals surface area contributed by atoms with Crippen molar-refractivity contribution in [1.82, 2.24) is 14.5 Å². The highest BCUT2D eigenvalue weighted by atomic mass is 79.9. The van der Waals surface area contributed by atoms with Gasteiger partial charge in [0.05, 0.1) is 16.6 Å². The Morgan fingerprint density at radius 2 is 1.47 bits per heavy atom. The largest absolute Gasteiger partial charge is 0.294 e. The maximum absolute atomic E-state index is 4.64. The topological polar surface area (TPSA) is 30.7 Å². The third-order valence-electron chi connectivity index (χ3n) is 5.55. The number of fused-ring (bicyclic) bond motifs is 4. The Morgan fingerprint density at radius 3 is 2.33 bits per heavy atom. The molecule has 0 saturated heterocycles. The van der Waals surface area contributed by atoms with Crippen LogP contribution in [0.3, 0.4) is 0 Å². The lowest BCUT2D eigenvalue weighted by atomic mass is 10.00. The SMILES string of the molecule is Brc1ccc2c(c1)c1cc(-c3cccc4cccnc34)ccc1n2-c1ccccn1. The minimum atomic E-state index is 0.916. The standard InChI is InChI=1S/C26H16BrN3/c27-19-10-12-24-22(16-19)21-15-18(20-7-3-5-17-6-4-14-29-26(17)20)9-11-23(21)30(24)25-8-1-2-13-28-25/h1-16H. The number of para-hydroxylation sites is 1. The summed E-state index contributed by atoms with van der Waals surface area (Å²) in [6.45, 7) is 0. The summed E-state index contributed by atoms with van der Waals surface area (Å²) >= 11 is 3.64. The molecule has 3 heterocycles. The van der Waals surface area contributed by atoms with E-state index < -0.39 is 0 Å². The highest BCUT2D eigenvalue weighted by Crippen LogP contribution is 2.36. The molecule has 4 heteroatoms. The molecule has 0 radical (unpaired) electrons. The first-order valence-corrected chi connectivity index (χ1v) is 10.6. The smallest absolute Gasteiger partial charge is 0.137 e. The molecule has 3 aromatic carbocycles. The molecule has 142 valence electrons. The zero-order valence-electron chi connectivity index (χ0n) is 16.0. The zero-order chi connectivity index (χ0) is 20.1. The molecular formula is C26H16BrN3. The van der Waals surface area contributed by atoms with Crippen LogP contribution in [0.15, 0.2) is 102 Å². The molecule has 0 aliphatic rings. The van der Waals surface area contributed by atoms with Crippen LogP contribution in [-0.4, -0.2) is 14.5 Å². The molecule has 0 fully saturated rings. The molecule has 3 aromatic heterocycles. The number of hydrogen-bond donors (Lipinski definition) is 0. The van der Waals surface area contributed by atoms with Crippen LogP contribution in [0.4, 0.5) is 0 Å². The molecule has 0 amide bonds. The lowest BCUT2D eigenvalue weighted by Gasteiger charge is -2.08. The first kappa shape index (κ1) is 17.4. The van der Waals surface area contributed by atoms with Gasteiger partial charge in [-0.05, 0) is 54.1 Å². The van der Waals surface area contributed by atoms with E-state index in [0.29, 0.717) is 0 Å². The van der Waals surface area contributed by atoms with Crippen LogP contribution < -0.4 is 0 Å². The average Bonchev–Trinajstić information content (AvgIpc) is 3.12.